The zero-order chi connectivity index (χ0) is 12.2. The number of carbonyl (C=O) groups excluding carboxylic acids is 1. The Hall–Kier alpha value is -1.39. The molecule has 5 nitrogen and oxygen atoms in total. The maximum absolute atomic E-state index is 11.5. The second-order valence-corrected chi connectivity index (χ2v) is 4.94. The van der Waals surface area contributed by atoms with E-state index in [1.165, 1.54) is 0 Å². The van der Waals surface area contributed by atoms with Gasteiger partial charge in [-0.05, 0) is 6.42 Å². The van der Waals surface area contributed by atoms with Gasteiger partial charge in [0.15, 0.2) is 5.82 Å². The highest BCUT2D eigenvalue weighted by Gasteiger charge is 2.20. The minimum absolute atomic E-state index is 0.0847. The molecule has 16 heavy (non-hydrogen) atoms. The Labute approximate surface area is 96.3 Å². The minimum atomic E-state index is -0.316. The predicted octanol–water partition coefficient (Wildman–Crippen LogP) is 0.910. The molecule has 1 N–H and O–H groups in total. The Morgan fingerprint density at radius 2 is 2.19 bits per heavy atom. The van der Waals surface area contributed by atoms with Crippen molar-refractivity contribution in [1.82, 2.24) is 20.1 Å². The number of amides is 1. The van der Waals surface area contributed by atoms with Crippen LogP contribution in [0.5, 0.6) is 0 Å². The van der Waals surface area contributed by atoms with Crippen LogP contribution in [0.25, 0.3) is 0 Å². The van der Waals surface area contributed by atoms with Crippen LogP contribution >= 0.6 is 0 Å². The molecule has 1 heterocycles. The lowest BCUT2D eigenvalue weighted by Gasteiger charge is -2.17. The Morgan fingerprint density at radius 1 is 1.50 bits per heavy atom. The highest BCUT2D eigenvalue weighted by molar-refractivity contribution is 5.81. The second-order valence-electron chi connectivity index (χ2n) is 4.94. The van der Waals surface area contributed by atoms with Crippen molar-refractivity contribution in [2.75, 3.05) is 6.54 Å². The largest absolute Gasteiger partial charge is 0.356 e. The first kappa shape index (κ1) is 12.7. The molecule has 0 fully saturated rings. The summed E-state index contributed by atoms with van der Waals surface area (Å²) in [6.07, 6.45) is 3.35. The normalized spacial score (nSPS) is 11.5. The molecule has 0 unspecified atom stereocenters. The van der Waals surface area contributed by atoms with Gasteiger partial charge >= 0.3 is 0 Å². The Morgan fingerprint density at radius 3 is 2.69 bits per heavy atom. The Balaban J connectivity index is 2.20. The molecule has 1 amide bonds. The van der Waals surface area contributed by atoms with E-state index in [-0.39, 0.29) is 11.3 Å². The average molecular weight is 224 g/mol. The molecular formula is C11H20N4O. The molecular weight excluding hydrogens is 204 g/mol. The van der Waals surface area contributed by atoms with Gasteiger partial charge < -0.3 is 5.32 Å². The first-order valence-corrected chi connectivity index (χ1v) is 5.52. The van der Waals surface area contributed by atoms with E-state index in [2.05, 4.69) is 15.4 Å². The summed E-state index contributed by atoms with van der Waals surface area (Å²) in [5.41, 5.74) is -0.316. The Bertz CT molecular complexity index is 351. The van der Waals surface area contributed by atoms with E-state index in [0.717, 1.165) is 18.7 Å². The zero-order valence-electron chi connectivity index (χ0n) is 10.4. The zero-order valence-corrected chi connectivity index (χ0v) is 10.4. The molecule has 0 spiro atoms. The predicted molar refractivity (Wildman–Crippen MR) is 61.8 cm³/mol. The maximum Gasteiger partial charge on any atom is 0.225 e. The van der Waals surface area contributed by atoms with Gasteiger partial charge in [-0.25, -0.2) is 4.98 Å². The van der Waals surface area contributed by atoms with Crippen LogP contribution in [0.1, 0.15) is 33.0 Å². The number of carbonyl (C=O) groups is 1. The molecule has 5 heteroatoms. The van der Waals surface area contributed by atoms with Gasteiger partial charge in [-0.2, -0.15) is 5.10 Å². The number of rotatable bonds is 4. The fourth-order valence-corrected chi connectivity index (χ4v) is 1.21. The van der Waals surface area contributed by atoms with Gasteiger partial charge in [-0.1, -0.05) is 20.8 Å². The molecule has 0 aromatic carbocycles. The summed E-state index contributed by atoms with van der Waals surface area (Å²) >= 11 is 0. The first-order chi connectivity index (χ1) is 7.39. The summed E-state index contributed by atoms with van der Waals surface area (Å²) in [5, 5.41) is 7.07. The molecule has 1 rings (SSSR count). The fourth-order valence-electron chi connectivity index (χ4n) is 1.21. The molecule has 0 aliphatic rings. The molecule has 0 aliphatic carbocycles. The van der Waals surface area contributed by atoms with Crippen molar-refractivity contribution in [1.29, 1.82) is 0 Å². The van der Waals surface area contributed by atoms with Gasteiger partial charge in [0.1, 0.15) is 6.33 Å². The number of nitrogens with one attached hydrogen (secondary N) is 1. The van der Waals surface area contributed by atoms with E-state index in [1.54, 1.807) is 11.0 Å². The fraction of sp³-hybridized carbons (Fsp3) is 0.727. The van der Waals surface area contributed by atoms with Gasteiger partial charge in [0.05, 0.1) is 0 Å². The molecule has 0 atom stereocenters. The van der Waals surface area contributed by atoms with Crippen LogP contribution < -0.4 is 5.32 Å². The van der Waals surface area contributed by atoms with Crippen LogP contribution in [0.15, 0.2) is 6.33 Å². The average Bonchev–Trinajstić information content (AvgIpc) is 2.57. The van der Waals surface area contributed by atoms with Crippen molar-refractivity contribution in [2.24, 2.45) is 12.5 Å². The third-order valence-corrected chi connectivity index (χ3v) is 2.19. The summed E-state index contributed by atoms with van der Waals surface area (Å²) in [4.78, 5) is 15.7. The van der Waals surface area contributed by atoms with Crippen LogP contribution in [-0.4, -0.2) is 27.2 Å². The van der Waals surface area contributed by atoms with Gasteiger partial charge in [0.25, 0.3) is 0 Å². The number of aryl methyl sites for hydroxylation is 2. The van der Waals surface area contributed by atoms with Gasteiger partial charge in [0.2, 0.25) is 5.91 Å². The highest BCUT2D eigenvalue weighted by atomic mass is 16.2. The molecule has 1 aromatic heterocycles. The number of hydrogen-bond donors (Lipinski definition) is 1. The van der Waals surface area contributed by atoms with Gasteiger partial charge in [-0.3, -0.25) is 9.48 Å². The quantitative estimate of drug-likeness (QED) is 0.773. The third-order valence-electron chi connectivity index (χ3n) is 2.19. The van der Waals surface area contributed by atoms with E-state index in [9.17, 15) is 4.79 Å². The van der Waals surface area contributed by atoms with Crippen molar-refractivity contribution in [3.05, 3.63) is 12.2 Å². The van der Waals surface area contributed by atoms with Crippen molar-refractivity contribution in [2.45, 2.75) is 33.6 Å². The molecule has 0 aliphatic heterocycles. The summed E-state index contributed by atoms with van der Waals surface area (Å²) in [7, 11) is 1.85. The molecule has 0 saturated heterocycles. The molecule has 0 saturated carbocycles. The van der Waals surface area contributed by atoms with Crippen LogP contribution in [0.2, 0.25) is 0 Å². The van der Waals surface area contributed by atoms with Crippen molar-refractivity contribution in [3.63, 3.8) is 0 Å². The van der Waals surface area contributed by atoms with E-state index < -0.39 is 0 Å². The van der Waals surface area contributed by atoms with Crippen molar-refractivity contribution >= 4 is 5.91 Å². The minimum Gasteiger partial charge on any atom is -0.356 e. The lowest BCUT2D eigenvalue weighted by atomic mass is 9.96. The standard InChI is InChI=1S/C11H20N4O/c1-11(2,3)10(16)12-7-5-6-9-13-8-15(4)14-9/h8H,5-7H2,1-4H3,(H,12,16). The lowest BCUT2D eigenvalue weighted by molar-refractivity contribution is -0.128. The van der Waals surface area contributed by atoms with Crippen LogP contribution in [-0.2, 0) is 18.3 Å². The summed E-state index contributed by atoms with van der Waals surface area (Å²) in [6.45, 7) is 6.39. The SMILES string of the molecule is Cn1cnc(CCCNC(=O)C(C)(C)C)n1. The number of hydrogen-bond acceptors (Lipinski definition) is 3. The monoisotopic (exact) mass is 224 g/mol. The van der Waals surface area contributed by atoms with E-state index in [1.807, 2.05) is 27.8 Å². The summed E-state index contributed by atoms with van der Waals surface area (Å²) in [5.74, 6) is 0.911. The number of nitrogens with zero attached hydrogens (tertiary/aromatic N) is 3. The maximum atomic E-state index is 11.5. The van der Waals surface area contributed by atoms with Gasteiger partial charge in [0, 0.05) is 25.4 Å². The first-order valence-electron chi connectivity index (χ1n) is 5.52. The third kappa shape index (κ3) is 4.00. The van der Waals surface area contributed by atoms with Crippen molar-refractivity contribution < 1.29 is 4.79 Å². The molecule has 0 radical (unpaired) electrons. The van der Waals surface area contributed by atoms with Crippen LogP contribution in [0.4, 0.5) is 0 Å². The second kappa shape index (κ2) is 5.09. The van der Waals surface area contributed by atoms with Crippen LogP contribution in [0, 0.1) is 5.41 Å². The van der Waals surface area contributed by atoms with Crippen LogP contribution in [0.3, 0.4) is 0 Å². The van der Waals surface area contributed by atoms with E-state index >= 15 is 0 Å². The smallest absolute Gasteiger partial charge is 0.225 e. The Kier molecular flexibility index (Phi) is 4.04. The molecule has 1 aromatic rings. The van der Waals surface area contributed by atoms with E-state index in [0.29, 0.717) is 6.54 Å². The topological polar surface area (TPSA) is 59.8 Å². The summed E-state index contributed by atoms with van der Waals surface area (Å²) in [6, 6.07) is 0. The number of aromatic nitrogens is 3. The summed E-state index contributed by atoms with van der Waals surface area (Å²) < 4.78 is 1.68. The highest BCUT2D eigenvalue weighted by Crippen LogP contribution is 2.12. The van der Waals surface area contributed by atoms with E-state index in [4.69, 9.17) is 0 Å². The molecule has 0 bridgehead atoms. The molecule has 90 valence electrons. The lowest BCUT2D eigenvalue weighted by Crippen LogP contribution is -2.35. The van der Waals surface area contributed by atoms with Gasteiger partial charge in [-0.15, -0.1) is 0 Å². The van der Waals surface area contributed by atoms with Crippen molar-refractivity contribution in [3.8, 4) is 0 Å².